The second-order valence-electron chi connectivity index (χ2n) is 4.66. The van der Waals surface area contributed by atoms with Crippen LogP contribution in [-0.2, 0) is 16.0 Å². The molecule has 0 aromatic heterocycles. The summed E-state index contributed by atoms with van der Waals surface area (Å²) in [5.41, 5.74) is 6.66. The molecular weight excluding hydrogens is 244 g/mol. The van der Waals surface area contributed by atoms with E-state index in [0.717, 1.165) is 6.42 Å². The van der Waals surface area contributed by atoms with E-state index in [4.69, 9.17) is 10.8 Å². The molecule has 0 heterocycles. The van der Waals surface area contributed by atoms with Crippen LogP contribution in [0, 0.1) is 5.92 Å². The number of para-hydroxylation sites is 1. The molecule has 4 N–H and O–H groups in total. The minimum atomic E-state index is -0.918. The molecule has 0 fully saturated rings. The lowest BCUT2D eigenvalue weighted by atomic mass is 10.1. The van der Waals surface area contributed by atoms with Gasteiger partial charge in [-0.2, -0.15) is 0 Å². The Morgan fingerprint density at radius 1 is 1.37 bits per heavy atom. The van der Waals surface area contributed by atoms with Gasteiger partial charge in [-0.3, -0.25) is 9.59 Å². The third-order valence-electron chi connectivity index (χ3n) is 2.90. The van der Waals surface area contributed by atoms with Crippen LogP contribution in [0.4, 0.5) is 5.69 Å². The Morgan fingerprint density at radius 2 is 2.05 bits per heavy atom. The normalized spacial score (nSPS) is 11.9. The minimum Gasteiger partial charge on any atom is -0.481 e. The van der Waals surface area contributed by atoms with Gasteiger partial charge in [0.25, 0.3) is 0 Å². The molecule has 0 radical (unpaired) electrons. The van der Waals surface area contributed by atoms with E-state index in [-0.39, 0.29) is 12.3 Å². The number of carboxylic acid groups (broad SMARTS) is 1. The number of hydrogen-bond acceptors (Lipinski definition) is 3. The lowest BCUT2D eigenvalue weighted by molar-refractivity contribution is -0.136. The predicted molar refractivity (Wildman–Crippen MR) is 73.9 cm³/mol. The van der Waals surface area contributed by atoms with E-state index < -0.39 is 5.97 Å². The first kappa shape index (κ1) is 15.2. The van der Waals surface area contributed by atoms with Crippen LogP contribution in [-0.4, -0.2) is 23.5 Å². The standard InChI is InChI=1S/C14H20N2O3/c1-10(9-15)6-7-13(17)16-12-5-3-2-4-11(12)8-14(18)19/h2-5,10H,6-9,15H2,1H3,(H,16,17)(H,18,19). The molecule has 1 aromatic carbocycles. The summed E-state index contributed by atoms with van der Waals surface area (Å²) >= 11 is 0. The molecule has 0 aliphatic carbocycles. The number of aliphatic carboxylic acids is 1. The van der Waals surface area contributed by atoms with Crippen LogP contribution in [0.25, 0.3) is 0 Å². The van der Waals surface area contributed by atoms with Crippen molar-refractivity contribution >= 4 is 17.6 Å². The number of rotatable bonds is 7. The molecule has 1 unspecified atom stereocenters. The molecule has 1 rings (SSSR count). The lowest BCUT2D eigenvalue weighted by Gasteiger charge is -2.11. The maximum Gasteiger partial charge on any atom is 0.307 e. The van der Waals surface area contributed by atoms with Crippen molar-refractivity contribution in [3.8, 4) is 0 Å². The molecule has 1 amide bonds. The molecule has 1 atom stereocenters. The summed E-state index contributed by atoms with van der Waals surface area (Å²) < 4.78 is 0. The van der Waals surface area contributed by atoms with Crippen LogP contribution < -0.4 is 11.1 Å². The Morgan fingerprint density at radius 3 is 2.68 bits per heavy atom. The van der Waals surface area contributed by atoms with Gasteiger partial charge in [-0.25, -0.2) is 0 Å². The van der Waals surface area contributed by atoms with Crippen molar-refractivity contribution in [3.63, 3.8) is 0 Å². The second kappa shape index (κ2) is 7.53. The van der Waals surface area contributed by atoms with Gasteiger partial charge in [0.15, 0.2) is 0 Å². The van der Waals surface area contributed by atoms with Crippen LogP contribution in [0.3, 0.4) is 0 Å². The number of carbonyl (C=O) groups excluding carboxylic acids is 1. The summed E-state index contributed by atoms with van der Waals surface area (Å²) in [5, 5.41) is 11.6. The average molecular weight is 264 g/mol. The Kier molecular flexibility index (Phi) is 6.02. The van der Waals surface area contributed by atoms with Gasteiger partial charge < -0.3 is 16.2 Å². The van der Waals surface area contributed by atoms with Crippen molar-refractivity contribution in [1.82, 2.24) is 0 Å². The fourth-order valence-electron chi connectivity index (χ4n) is 1.67. The molecule has 5 nitrogen and oxygen atoms in total. The van der Waals surface area contributed by atoms with Crippen LogP contribution >= 0.6 is 0 Å². The number of nitrogens with one attached hydrogen (secondary N) is 1. The molecule has 0 saturated carbocycles. The summed E-state index contributed by atoms with van der Waals surface area (Å²) in [6, 6.07) is 6.93. The van der Waals surface area contributed by atoms with Gasteiger partial charge in [-0.15, -0.1) is 0 Å². The summed E-state index contributed by atoms with van der Waals surface area (Å²) in [5.74, 6) is -0.725. The largest absolute Gasteiger partial charge is 0.481 e. The molecule has 0 saturated heterocycles. The number of benzene rings is 1. The van der Waals surface area contributed by atoms with E-state index in [1.807, 2.05) is 6.92 Å². The quantitative estimate of drug-likeness (QED) is 0.697. The third kappa shape index (κ3) is 5.52. The molecular formula is C14H20N2O3. The molecule has 104 valence electrons. The summed E-state index contributed by atoms with van der Waals surface area (Å²) in [4.78, 5) is 22.5. The van der Waals surface area contributed by atoms with Crippen LogP contribution in [0.2, 0.25) is 0 Å². The number of anilines is 1. The van der Waals surface area contributed by atoms with Gasteiger partial charge in [-0.05, 0) is 30.5 Å². The SMILES string of the molecule is CC(CN)CCC(=O)Nc1ccccc1CC(=O)O. The van der Waals surface area contributed by atoms with Gasteiger partial charge in [0.2, 0.25) is 5.91 Å². The van der Waals surface area contributed by atoms with E-state index in [1.165, 1.54) is 0 Å². The number of carboxylic acids is 1. The van der Waals surface area contributed by atoms with Crippen molar-refractivity contribution in [3.05, 3.63) is 29.8 Å². The fourth-order valence-corrected chi connectivity index (χ4v) is 1.67. The van der Waals surface area contributed by atoms with E-state index >= 15 is 0 Å². The van der Waals surface area contributed by atoms with Crippen molar-refractivity contribution in [2.75, 3.05) is 11.9 Å². The Balaban J connectivity index is 2.61. The highest BCUT2D eigenvalue weighted by molar-refractivity contribution is 5.92. The molecule has 5 heteroatoms. The molecule has 0 spiro atoms. The summed E-state index contributed by atoms with van der Waals surface area (Å²) in [6.07, 6.45) is 1.01. The molecule has 1 aromatic rings. The highest BCUT2D eigenvalue weighted by Crippen LogP contribution is 2.16. The molecule has 0 aliphatic heterocycles. The zero-order chi connectivity index (χ0) is 14.3. The molecule has 19 heavy (non-hydrogen) atoms. The molecule has 0 aliphatic rings. The number of amides is 1. The summed E-state index contributed by atoms with van der Waals surface area (Å²) in [7, 11) is 0. The number of carbonyl (C=O) groups is 2. The zero-order valence-electron chi connectivity index (χ0n) is 11.1. The average Bonchev–Trinajstić information content (AvgIpc) is 2.37. The van der Waals surface area contributed by atoms with E-state index in [1.54, 1.807) is 24.3 Å². The fraction of sp³-hybridized carbons (Fsp3) is 0.429. The van der Waals surface area contributed by atoms with E-state index in [0.29, 0.717) is 30.1 Å². The van der Waals surface area contributed by atoms with Crippen molar-refractivity contribution in [2.45, 2.75) is 26.2 Å². The van der Waals surface area contributed by atoms with Gasteiger partial charge >= 0.3 is 5.97 Å². The van der Waals surface area contributed by atoms with Crippen LogP contribution in [0.5, 0.6) is 0 Å². The first-order valence-corrected chi connectivity index (χ1v) is 6.32. The summed E-state index contributed by atoms with van der Waals surface area (Å²) in [6.45, 7) is 2.55. The Hall–Kier alpha value is -1.88. The first-order valence-electron chi connectivity index (χ1n) is 6.32. The van der Waals surface area contributed by atoms with E-state index in [2.05, 4.69) is 5.32 Å². The zero-order valence-corrected chi connectivity index (χ0v) is 11.1. The maximum absolute atomic E-state index is 11.8. The van der Waals surface area contributed by atoms with Gasteiger partial charge in [-0.1, -0.05) is 25.1 Å². The van der Waals surface area contributed by atoms with Crippen LogP contribution in [0.1, 0.15) is 25.3 Å². The van der Waals surface area contributed by atoms with Crippen molar-refractivity contribution in [2.24, 2.45) is 11.7 Å². The highest BCUT2D eigenvalue weighted by Gasteiger charge is 2.10. The van der Waals surface area contributed by atoms with Crippen LogP contribution in [0.15, 0.2) is 24.3 Å². The van der Waals surface area contributed by atoms with Crippen molar-refractivity contribution < 1.29 is 14.7 Å². The van der Waals surface area contributed by atoms with Gasteiger partial charge in [0.1, 0.15) is 0 Å². The van der Waals surface area contributed by atoms with Gasteiger partial charge in [0.05, 0.1) is 6.42 Å². The van der Waals surface area contributed by atoms with Gasteiger partial charge in [0, 0.05) is 12.1 Å². The second-order valence-corrected chi connectivity index (χ2v) is 4.66. The minimum absolute atomic E-state index is 0.102. The molecule has 0 bridgehead atoms. The van der Waals surface area contributed by atoms with E-state index in [9.17, 15) is 9.59 Å². The predicted octanol–water partition coefficient (Wildman–Crippen LogP) is 1.63. The third-order valence-corrected chi connectivity index (χ3v) is 2.90. The smallest absolute Gasteiger partial charge is 0.307 e. The number of nitrogens with two attached hydrogens (primary N) is 1. The Bertz CT molecular complexity index is 446. The Labute approximate surface area is 112 Å². The monoisotopic (exact) mass is 264 g/mol. The topological polar surface area (TPSA) is 92.4 Å². The highest BCUT2D eigenvalue weighted by atomic mass is 16.4. The lowest BCUT2D eigenvalue weighted by Crippen LogP contribution is -2.17. The number of hydrogen-bond donors (Lipinski definition) is 3. The maximum atomic E-state index is 11.8. The first-order chi connectivity index (χ1) is 9.02. The van der Waals surface area contributed by atoms with Crippen molar-refractivity contribution in [1.29, 1.82) is 0 Å².